The average molecular weight is 363 g/mol. The highest BCUT2D eigenvalue weighted by molar-refractivity contribution is 7.16. The number of ether oxygens (including phenoxy) is 1. The lowest BCUT2D eigenvalue weighted by Gasteiger charge is -2.34. The minimum atomic E-state index is -0.717. The predicted molar refractivity (Wildman–Crippen MR) is 89.7 cm³/mol. The highest BCUT2D eigenvalue weighted by Gasteiger charge is 2.31. The van der Waals surface area contributed by atoms with Gasteiger partial charge in [0.1, 0.15) is 22.9 Å². The summed E-state index contributed by atoms with van der Waals surface area (Å²) in [5.74, 6) is -1.13. The van der Waals surface area contributed by atoms with Crippen LogP contribution in [0.5, 0.6) is 5.75 Å². The van der Waals surface area contributed by atoms with E-state index in [2.05, 4.69) is 9.97 Å². The van der Waals surface area contributed by atoms with Crippen molar-refractivity contribution in [3.63, 3.8) is 0 Å². The van der Waals surface area contributed by atoms with Crippen molar-refractivity contribution in [1.29, 1.82) is 0 Å². The SMILES string of the molecule is Oc1c(C(c2ncccc2F)N2CCOCC2)cc(F)c2scnc12. The lowest BCUT2D eigenvalue weighted by molar-refractivity contribution is 0.0221. The molecule has 8 heteroatoms. The Morgan fingerprint density at radius 1 is 1.20 bits per heavy atom. The van der Waals surface area contributed by atoms with Crippen LogP contribution in [0.2, 0.25) is 0 Å². The van der Waals surface area contributed by atoms with E-state index in [1.165, 1.54) is 29.9 Å². The molecule has 0 aliphatic carbocycles. The zero-order valence-corrected chi connectivity index (χ0v) is 14.0. The molecule has 4 rings (SSSR count). The van der Waals surface area contributed by atoms with Crippen molar-refractivity contribution >= 4 is 21.6 Å². The standard InChI is InChI=1S/C17H15F2N3O2S/c18-11-2-1-3-20-13(11)15(22-4-6-24-7-5-22)10-8-12(19)17-14(16(10)23)21-9-25-17/h1-3,8-9,15,23H,4-7H2. The molecular formula is C17H15F2N3O2S. The van der Waals surface area contributed by atoms with Crippen LogP contribution in [0.3, 0.4) is 0 Å². The number of hydrogen-bond acceptors (Lipinski definition) is 6. The van der Waals surface area contributed by atoms with Crippen LogP contribution in [0.1, 0.15) is 17.3 Å². The number of phenols is 1. The fourth-order valence-corrected chi connectivity index (χ4v) is 3.85. The molecule has 3 aromatic rings. The second kappa shape index (κ2) is 6.62. The molecule has 0 bridgehead atoms. The Bertz CT molecular complexity index is 912. The predicted octanol–water partition coefficient (Wildman–Crippen LogP) is 3.10. The summed E-state index contributed by atoms with van der Waals surface area (Å²) in [6, 6.07) is 3.35. The molecule has 0 spiro atoms. The largest absolute Gasteiger partial charge is 0.505 e. The van der Waals surface area contributed by atoms with Gasteiger partial charge in [-0.15, -0.1) is 11.3 Å². The van der Waals surface area contributed by atoms with Crippen LogP contribution in [-0.2, 0) is 4.74 Å². The molecule has 130 valence electrons. The first-order valence-corrected chi connectivity index (χ1v) is 8.71. The summed E-state index contributed by atoms with van der Waals surface area (Å²) < 4.78 is 34.6. The van der Waals surface area contributed by atoms with Gasteiger partial charge in [-0.2, -0.15) is 0 Å². The van der Waals surface area contributed by atoms with Crippen LogP contribution in [0.15, 0.2) is 29.9 Å². The lowest BCUT2D eigenvalue weighted by Crippen LogP contribution is -2.40. The molecule has 1 fully saturated rings. The van der Waals surface area contributed by atoms with Gasteiger partial charge in [-0.3, -0.25) is 9.88 Å². The average Bonchev–Trinajstić information content (AvgIpc) is 3.13. The number of morpholine rings is 1. The fraction of sp³-hybridized carbons (Fsp3) is 0.294. The molecule has 1 aliphatic heterocycles. The molecule has 0 radical (unpaired) electrons. The number of halogens is 2. The summed E-state index contributed by atoms with van der Waals surface area (Å²) in [6.07, 6.45) is 1.49. The van der Waals surface area contributed by atoms with Gasteiger partial charge < -0.3 is 9.84 Å². The number of pyridine rings is 1. The van der Waals surface area contributed by atoms with Crippen molar-refractivity contribution in [3.8, 4) is 5.75 Å². The number of rotatable bonds is 3. The van der Waals surface area contributed by atoms with E-state index in [4.69, 9.17) is 4.74 Å². The first-order valence-electron chi connectivity index (χ1n) is 7.83. The number of hydrogen-bond donors (Lipinski definition) is 1. The highest BCUT2D eigenvalue weighted by atomic mass is 32.1. The minimum absolute atomic E-state index is 0.140. The van der Waals surface area contributed by atoms with E-state index >= 15 is 0 Å². The lowest BCUT2D eigenvalue weighted by atomic mass is 9.98. The Morgan fingerprint density at radius 3 is 2.76 bits per heavy atom. The third-order valence-corrected chi connectivity index (χ3v) is 5.15. The van der Waals surface area contributed by atoms with Crippen molar-refractivity contribution in [1.82, 2.24) is 14.9 Å². The number of fused-ring (bicyclic) bond motifs is 1. The van der Waals surface area contributed by atoms with Crippen LogP contribution in [0.25, 0.3) is 10.2 Å². The summed E-state index contributed by atoms with van der Waals surface area (Å²) in [7, 11) is 0. The third-order valence-electron chi connectivity index (χ3n) is 4.32. The zero-order chi connectivity index (χ0) is 17.4. The van der Waals surface area contributed by atoms with Crippen LogP contribution in [-0.4, -0.2) is 46.3 Å². The van der Waals surface area contributed by atoms with Gasteiger partial charge >= 0.3 is 0 Å². The van der Waals surface area contributed by atoms with Gasteiger partial charge in [0.05, 0.1) is 35.2 Å². The third kappa shape index (κ3) is 2.86. The Morgan fingerprint density at radius 2 is 2.00 bits per heavy atom. The summed E-state index contributed by atoms with van der Waals surface area (Å²) in [5, 5.41) is 10.7. The van der Waals surface area contributed by atoms with E-state index in [9.17, 15) is 13.9 Å². The van der Waals surface area contributed by atoms with Crippen molar-refractivity contribution < 1.29 is 18.6 Å². The van der Waals surface area contributed by atoms with E-state index in [1.807, 2.05) is 4.90 Å². The van der Waals surface area contributed by atoms with E-state index in [-0.39, 0.29) is 27.2 Å². The maximum absolute atomic E-state index is 14.5. The Kier molecular flexibility index (Phi) is 4.32. The summed E-state index contributed by atoms with van der Waals surface area (Å²) in [5.41, 5.74) is 2.07. The maximum atomic E-state index is 14.5. The molecule has 5 nitrogen and oxygen atoms in total. The van der Waals surface area contributed by atoms with E-state index in [0.717, 1.165) is 11.3 Å². The highest BCUT2D eigenvalue weighted by Crippen LogP contribution is 2.40. The Hall–Kier alpha value is -2.16. The number of benzene rings is 1. The second-order valence-corrected chi connectivity index (χ2v) is 6.60. The first-order chi connectivity index (χ1) is 12.2. The van der Waals surface area contributed by atoms with Crippen LogP contribution < -0.4 is 0 Å². The number of nitrogens with zero attached hydrogens (tertiary/aromatic N) is 3. The van der Waals surface area contributed by atoms with Crippen molar-refractivity contribution in [2.45, 2.75) is 6.04 Å². The van der Waals surface area contributed by atoms with E-state index in [1.54, 1.807) is 0 Å². The van der Waals surface area contributed by atoms with Gasteiger partial charge in [0.15, 0.2) is 0 Å². The Labute approximate surface area is 146 Å². The molecule has 1 unspecified atom stereocenters. The maximum Gasteiger partial charge on any atom is 0.148 e. The Balaban J connectivity index is 1.91. The van der Waals surface area contributed by atoms with Crippen LogP contribution in [0, 0.1) is 11.6 Å². The number of thiazole rings is 1. The topological polar surface area (TPSA) is 58.5 Å². The summed E-state index contributed by atoms with van der Waals surface area (Å²) in [6.45, 7) is 2.01. The van der Waals surface area contributed by atoms with Crippen molar-refractivity contribution in [2.24, 2.45) is 0 Å². The number of phenolic OH excluding ortho intramolecular Hbond substituents is 1. The molecule has 0 amide bonds. The van der Waals surface area contributed by atoms with E-state index in [0.29, 0.717) is 26.3 Å². The second-order valence-electron chi connectivity index (χ2n) is 5.75. The monoisotopic (exact) mass is 363 g/mol. The van der Waals surface area contributed by atoms with Gasteiger partial charge in [0.25, 0.3) is 0 Å². The van der Waals surface area contributed by atoms with Gasteiger partial charge in [-0.1, -0.05) is 0 Å². The fourth-order valence-electron chi connectivity index (χ4n) is 3.15. The van der Waals surface area contributed by atoms with Crippen LogP contribution in [0.4, 0.5) is 8.78 Å². The number of aromatic nitrogens is 2. The first kappa shape index (κ1) is 16.3. The number of aromatic hydroxyl groups is 1. The van der Waals surface area contributed by atoms with Gasteiger partial charge in [-0.05, 0) is 18.2 Å². The molecule has 1 saturated heterocycles. The van der Waals surface area contributed by atoms with Gasteiger partial charge in [0.2, 0.25) is 0 Å². The van der Waals surface area contributed by atoms with Crippen LogP contribution >= 0.6 is 11.3 Å². The molecule has 1 aromatic carbocycles. The van der Waals surface area contributed by atoms with E-state index < -0.39 is 17.7 Å². The zero-order valence-electron chi connectivity index (χ0n) is 13.2. The molecule has 1 aliphatic rings. The molecular weight excluding hydrogens is 348 g/mol. The van der Waals surface area contributed by atoms with Crippen molar-refractivity contribution in [2.75, 3.05) is 26.3 Å². The molecule has 0 saturated carbocycles. The normalized spacial score (nSPS) is 17.0. The van der Waals surface area contributed by atoms with Crippen molar-refractivity contribution in [3.05, 3.63) is 52.8 Å². The molecule has 1 N–H and O–H groups in total. The molecule has 2 aromatic heterocycles. The quantitative estimate of drug-likeness (QED) is 0.775. The minimum Gasteiger partial charge on any atom is -0.505 e. The van der Waals surface area contributed by atoms with Gasteiger partial charge in [0, 0.05) is 24.8 Å². The van der Waals surface area contributed by atoms with Gasteiger partial charge in [-0.25, -0.2) is 13.8 Å². The molecule has 1 atom stereocenters. The molecule has 25 heavy (non-hydrogen) atoms. The molecule has 3 heterocycles. The summed E-state index contributed by atoms with van der Waals surface area (Å²) >= 11 is 1.11. The summed E-state index contributed by atoms with van der Waals surface area (Å²) in [4.78, 5) is 10.1. The smallest absolute Gasteiger partial charge is 0.148 e.